The Hall–Kier alpha value is -2.97. The fraction of sp³-hybridized carbons (Fsp3) is 0.250. The van der Waals surface area contributed by atoms with Gasteiger partial charge >= 0.3 is 12.0 Å². The van der Waals surface area contributed by atoms with Crippen LogP contribution < -0.4 is 5.32 Å². The van der Waals surface area contributed by atoms with Gasteiger partial charge in [-0.2, -0.15) is 0 Å². The third-order valence-corrected chi connectivity index (χ3v) is 5.78. The molecule has 1 aliphatic rings. The fourth-order valence-corrected chi connectivity index (χ4v) is 4.27. The number of hydrogen-bond acceptors (Lipinski definition) is 5. The molecule has 8 heteroatoms. The normalized spacial score (nSPS) is 14.9. The number of hydrogen-bond donors (Lipinski definition) is 2. The van der Waals surface area contributed by atoms with E-state index in [2.05, 4.69) is 21.3 Å². The minimum absolute atomic E-state index is 0.0883. The molecule has 0 aliphatic carbocycles. The summed E-state index contributed by atoms with van der Waals surface area (Å²) >= 11 is 1.70. The predicted molar refractivity (Wildman–Crippen MR) is 109 cm³/mol. The highest BCUT2D eigenvalue weighted by Crippen LogP contribution is 2.23. The maximum atomic E-state index is 12.5. The number of amides is 2. The van der Waals surface area contributed by atoms with Gasteiger partial charge in [0, 0.05) is 26.2 Å². The first-order valence-corrected chi connectivity index (χ1v) is 9.87. The number of benzene rings is 2. The fourth-order valence-electron chi connectivity index (χ4n) is 3.26. The van der Waals surface area contributed by atoms with E-state index >= 15 is 0 Å². The monoisotopic (exact) mass is 396 g/mol. The summed E-state index contributed by atoms with van der Waals surface area (Å²) in [5, 5.41) is 13.0. The average molecular weight is 396 g/mol. The summed E-state index contributed by atoms with van der Waals surface area (Å²) in [6, 6.07) is 14.3. The number of urea groups is 1. The number of nitrogens with zero attached hydrogens (tertiary/aromatic N) is 3. The highest BCUT2D eigenvalue weighted by Gasteiger charge is 2.23. The van der Waals surface area contributed by atoms with Gasteiger partial charge < -0.3 is 15.3 Å². The number of aromatic carboxylic acids is 1. The molecule has 0 spiro atoms. The first-order chi connectivity index (χ1) is 13.6. The van der Waals surface area contributed by atoms with E-state index in [-0.39, 0.29) is 11.6 Å². The Kier molecular flexibility index (Phi) is 5.23. The number of fused-ring (bicyclic) bond motifs is 1. The van der Waals surface area contributed by atoms with Gasteiger partial charge in [0.15, 0.2) is 0 Å². The standard InChI is InChI=1S/C20H20N4O3S/c25-19(26)14-5-1-2-6-15(14)22-20(27)24-11-9-23(10-12-24)13-18-21-16-7-3-4-8-17(16)28-18/h1-8H,9-13H2,(H,22,27)(H,25,26). The lowest BCUT2D eigenvalue weighted by Crippen LogP contribution is -2.49. The summed E-state index contributed by atoms with van der Waals surface area (Å²) in [4.78, 5) is 32.5. The van der Waals surface area contributed by atoms with Gasteiger partial charge in [0.25, 0.3) is 0 Å². The van der Waals surface area contributed by atoms with Crippen molar-refractivity contribution in [3.05, 3.63) is 59.1 Å². The van der Waals surface area contributed by atoms with Crippen LogP contribution in [0.5, 0.6) is 0 Å². The van der Waals surface area contributed by atoms with E-state index in [4.69, 9.17) is 0 Å². The number of para-hydroxylation sites is 2. The van der Waals surface area contributed by atoms with Gasteiger partial charge in [-0.15, -0.1) is 11.3 Å². The molecule has 4 rings (SSSR count). The molecule has 28 heavy (non-hydrogen) atoms. The largest absolute Gasteiger partial charge is 0.478 e. The van der Waals surface area contributed by atoms with Crippen LogP contribution in [0, 0.1) is 0 Å². The lowest BCUT2D eigenvalue weighted by Gasteiger charge is -2.34. The Morgan fingerprint density at radius 1 is 1.04 bits per heavy atom. The molecular weight excluding hydrogens is 376 g/mol. The van der Waals surface area contributed by atoms with Gasteiger partial charge in [-0.1, -0.05) is 24.3 Å². The Morgan fingerprint density at radius 2 is 1.75 bits per heavy atom. The second-order valence-electron chi connectivity index (χ2n) is 6.62. The van der Waals surface area contributed by atoms with E-state index in [1.807, 2.05) is 18.2 Å². The lowest BCUT2D eigenvalue weighted by molar-refractivity contribution is 0.0698. The third-order valence-electron chi connectivity index (χ3n) is 4.76. The zero-order valence-corrected chi connectivity index (χ0v) is 16.0. The molecule has 0 atom stereocenters. The Balaban J connectivity index is 1.33. The van der Waals surface area contributed by atoms with Crippen molar-refractivity contribution in [3.8, 4) is 0 Å². The molecule has 0 radical (unpaired) electrons. The van der Waals surface area contributed by atoms with Crippen LogP contribution >= 0.6 is 11.3 Å². The van der Waals surface area contributed by atoms with Crippen molar-refractivity contribution in [2.45, 2.75) is 6.54 Å². The van der Waals surface area contributed by atoms with Crippen molar-refractivity contribution in [1.82, 2.24) is 14.8 Å². The van der Waals surface area contributed by atoms with Crippen molar-refractivity contribution in [2.75, 3.05) is 31.5 Å². The minimum atomic E-state index is -1.06. The van der Waals surface area contributed by atoms with Crippen LogP contribution in [0.25, 0.3) is 10.2 Å². The van der Waals surface area contributed by atoms with E-state index in [1.165, 1.54) is 10.8 Å². The summed E-state index contributed by atoms with van der Waals surface area (Å²) < 4.78 is 1.19. The second kappa shape index (κ2) is 7.95. The van der Waals surface area contributed by atoms with Crippen LogP contribution in [0.1, 0.15) is 15.4 Å². The van der Waals surface area contributed by atoms with Crippen LogP contribution in [-0.2, 0) is 6.54 Å². The lowest BCUT2D eigenvalue weighted by atomic mass is 10.2. The molecule has 0 unspecified atom stereocenters. The molecule has 2 amide bonds. The highest BCUT2D eigenvalue weighted by atomic mass is 32.1. The Bertz CT molecular complexity index is 978. The number of carbonyl (C=O) groups excluding carboxylic acids is 1. The molecule has 0 bridgehead atoms. The van der Waals surface area contributed by atoms with E-state index in [0.29, 0.717) is 18.8 Å². The number of thiazole rings is 1. The highest BCUT2D eigenvalue weighted by molar-refractivity contribution is 7.18. The molecule has 0 saturated carbocycles. The second-order valence-corrected chi connectivity index (χ2v) is 7.73. The summed E-state index contributed by atoms with van der Waals surface area (Å²) in [5.41, 5.74) is 1.43. The molecule has 2 aromatic carbocycles. The van der Waals surface area contributed by atoms with Gasteiger partial charge in [0.1, 0.15) is 5.01 Å². The van der Waals surface area contributed by atoms with Crippen LogP contribution in [0.3, 0.4) is 0 Å². The van der Waals surface area contributed by atoms with Gasteiger partial charge in [0.05, 0.1) is 28.0 Å². The summed E-state index contributed by atoms with van der Waals surface area (Å²) in [6.07, 6.45) is 0. The van der Waals surface area contributed by atoms with Crippen LogP contribution in [-0.4, -0.2) is 58.1 Å². The van der Waals surface area contributed by atoms with Gasteiger partial charge in [-0.25, -0.2) is 14.6 Å². The van der Waals surface area contributed by atoms with E-state index < -0.39 is 5.97 Å². The Morgan fingerprint density at radius 3 is 2.50 bits per heavy atom. The molecule has 2 heterocycles. The Labute approximate surface area is 166 Å². The SMILES string of the molecule is O=C(O)c1ccccc1NC(=O)N1CCN(Cc2nc3ccccc3s2)CC1. The summed E-state index contributed by atoms with van der Waals surface area (Å²) in [7, 11) is 0. The van der Waals surface area contributed by atoms with Gasteiger partial charge in [0.2, 0.25) is 0 Å². The zero-order chi connectivity index (χ0) is 19.5. The molecule has 3 aromatic rings. The van der Waals surface area contributed by atoms with Crippen molar-refractivity contribution in [2.24, 2.45) is 0 Å². The van der Waals surface area contributed by atoms with Gasteiger partial charge in [-0.3, -0.25) is 4.90 Å². The molecule has 1 aliphatic heterocycles. The van der Waals surface area contributed by atoms with Gasteiger partial charge in [-0.05, 0) is 24.3 Å². The topological polar surface area (TPSA) is 85.8 Å². The average Bonchev–Trinajstić information content (AvgIpc) is 3.11. The van der Waals surface area contributed by atoms with Crippen LogP contribution in [0.15, 0.2) is 48.5 Å². The number of aromatic nitrogens is 1. The van der Waals surface area contributed by atoms with Crippen molar-refractivity contribution in [3.63, 3.8) is 0 Å². The smallest absolute Gasteiger partial charge is 0.337 e. The summed E-state index contributed by atoms with van der Waals surface area (Å²) in [6.45, 7) is 3.46. The zero-order valence-electron chi connectivity index (χ0n) is 15.2. The molecule has 144 valence electrons. The first-order valence-electron chi connectivity index (χ1n) is 9.05. The number of nitrogens with one attached hydrogen (secondary N) is 1. The predicted octanol–water partition coefficient (Wildman–Crippen LogP) is 3.34. The van der Waals surface area contributed by atoms with Crippen molar-refractivity contribution < 1.29 is 14.7 Å². The molecule has 2 N–H and O–H groups in total. The quantitative estimate of drug-likeness (QED) is 0.706. The third kappa shape index (κ3) is 3.97. The summed E-state index contributed by atoms with van der Waals surface area (Å²) in [5.74, 6) is -1.06. The van der Waals surface area contributed by atoms with E-state index in [1.54, 1.807) is 34.4 Å². The number of anilines is 1. The number of carboxylic acids is 1. The molecule has 1 saturated heterocycles. The van der Waals surface area contributed by atoms with Crippen LogP contribution in [0.2, 0.25) is 0 Å². The minimum Gasteiger partial charge on any atom is -0.478 e. The molecule has 7 nitrogen and oxygen atoms in total. The number of rotatable bonds is 4. The van der Waals surface area contributed by atoms with Crippen LogP contribution in [0.4, 0.5) is 10.5 Å². The molecule has 1 fully saturated rings. The maximum absolute atomic E-state index is 12.5. The number of piperazine rings is 1. The first kappa shape index (κ1) is 18.4. The molecule has 1 aromatic heterocycles. The van der Waals surface area contributed by atoms with E-state index in [9.17, 15) is 14.7 Å². The maximum Gasteiger partial charge on any atom is 0.337 e. The van der Waals surface area contributed by atoms with E-state index in [0.717, 1.165) is 30.2 Å². The number of carboxylic acid groups (broad SMARTS) is 1. The molecular formula is C20H20N4O3S. The van der Waals surface area contributed by atoms with Crippen molar-refractivity contribution >= 4 is 39.2 Å². The van der Waals surface area contributed by atoms with Crippen molar-refractivity contribution in [1.29, 1.82) is 0 Å². The number of carbonyl (C=O) groups is 2.